The number of pyridine rings is 1. The minimum absolute atomic E-state index is 0.300. The predicted octanol–water partition coefficient (Wildman–Crippen LogP) is 3.33. The molecule has 0 fully saturated rings. The van der Waals surface area contributed by atoms with E-state index in [1.165, 1.54) is 19.2 Å². The number of carbonyl (C=O) groups excluding carboxylic acids is 1. The van der Waals surface area contributed by atoms with Gasteiger partial charge in [0.2, 0.25) is 0 Å². The van der Waals surface area contributed by atoms with Crippen molar-refractivity contribution in [1.82, 2.24) is 10.3 Å². The molecule has 1 aromatic heterocycles. The fraction of sp³-hybridized carbons (Fsp3) is 0.143. The second-order valence-electron chi connectivity index (χ2n) is 4.01. The third-order valence-electron chi connectivity index (χ3n) is 2.66. The van der Waals surface area contributed by atoms with Crippen LogP contribution >= 0.6 is 23.2 Å². The molecule has 2 rings (SSSR count). The van der Waals surface area contributed by atoms with Crippen molar-refractivity contribution in [2.24, 2.45) is 0 Å². The quantitative estimate of drug-likeness (QED) is 0.942. The molecule has 1 heterocycles. The van der Waals surface area contributed by atoms with E-state index in [1.807, 2.05) is 12.1 Å². The SMILES string of the molecule is COc1c(Cl)cc(Cl)cc1C(=O)NCc1ccncc1. The van der Waals surface area contributed by atoms with Crippen LogP contribution in [0.3, 0.4) is 0 Å². The minimum atomic E-state index is -0.303. The lowest BCUT2D eigenvalue weighted by molar-refractivity contribution is 0.0948. The molecule has 2 aromatic rings. The molecule has 0 radical (unpaired) electrons. The molecular weight excluding hydrogens is 299 g/mol. The number of amides is 1. The fourth-order valence-corrected chi connectivity index (χ4v) is 2.29. The van der Waals surface area contributed by atoms with Gasteiger partial charge in [0.25, 0.3) is 5.91 Å². The maximum Gasteiger partial charge on any atom is 0.255 e. The van der Waals surface area contributed by atoms with Crippen molar-refractivity contribution in [2.45, 2.75) is 6.54 Å². The van der Waals surface area contributed by atoms with E-state index < -0.39 is 0 Å². The van der Waals surface area contributed by atoms with Gasteiger partial charge < -0.3 is 10.1 Å². The zero-order chi connectivity index (χ0) is 14.5. The number of hydrogen-bond donors (Lipinski definition) is 1. The average molecular weight is 311 g/mol. The maximum atomic E-state index is 12.2. The molecule has 1 N–H and O–H groups in total. The molecule has 0 unspecified atom stereocenters. The number of ether oxygens (including phenoxy) is 1. The van der Waals surface area contributed by atoms with Crippen molar-refractivity contribution < 1.29 is 9.53 Å². The van der Waals surface area contributed by atoms with Crippen molar-refractivity contribution in [2.75, 3.05) is 7.11 Å². The Morgan fingerprint density at radius 1 is 1.30 bits per heavy atom. The molecule has 0 aliphatic rings. The lowest BCUT2D eigenvalue weighted by Crippen LogP contribution is -2.23. The molecule has 1 amide bonds. The Hall–Kier alpha value is -1.78. The molecule has 0 aliphatic carbocycles. The van der Waals surface area contributed by atoms with E-state index in [4.69, 9.17) is 27.9 Å². The van der Waals surface area contributed by atoms with Crippen LogP contribution in [0.25, 0.3) is 0 Å². The first-order valence-corrected chi connectivity index (χ1v) is 6.57. The van der Waals surface area contributed by atoms with E-state index in [0.29, 0.717) is 27.9 Å². The molecule has 104 valence electrons. The summed E-state index contributed by atoms with van der Waals surface area (Å²) in [6.07, 6.45) is 3.33. The zero-order valence-electron chi connectivity index (χ0n) is 10.7. The van der Waals surface area contributed by atoms with Gasteiger partial charge in [0, 0.05) is 24.0 Å². The number of benzene rings is 1. The van der Waals surface area contributed by atoms with Gasteiger partial charge in [-0.05, 0) is 29.8 Å². The second-order valence-corrected chi connectivity index (χ2v) is 4.85. The Balaban J connectivity index is 2.17. The van der Waals surface area contributed by atoms with Crippen molar-refractivity contribution in [3.05, 3.63) is 57.8 Å². The average Bonchev–Trinajstić information content (AvgIpc) is 2.45. The predicted molar refractivity (Wildman–Crippen MR) is 78.4 cm³/mol. The third-order valence-corrected chi connectivity index (χ3v) is 3.16. The summed E-state index contributed by atoms with van der Waals surface area (Å²) in [6, 6.07) is 6.70. The van der Waals surface area contributed by atoms with Gasteiger partial charge in [-0.3, -0.25) is 9.78 Å². The van der Waals surface area contributed by atoms with Gasteiger partial charge >= 0.3 is 0 Å². The van der Waals surface area contributed by atoms with Gasteiger partial charge in [0.15, 0.2) is 0 Å². The van der Waals surface area contributed by atoms with Crippen molar-refractivity contribution in [3.8, 4) is 5.75 Å². The van der Waals surface area contributed by atoms with Gasteiger partial charge in [0.1, 0.15) is 5.75 Å². The van der Waals surface area contributed by atoms with Gasteiger partial charge in [-0.2, -0.15) is 0 Å². The molecule has 0 atom stereocenters. The first kappa shape index (κ1) is 14.6. The summed E-state index contributed by atoms with van der Waals surface area (Å²) in [5, 5.41) is 3.46. The normalized spacial score (nSPS) is 10.2. The van der Waals surface area contributed by atoms with Crippen molar-refractivity contribution in [3.63, 3.8) is 0 Å². The number of nitrogens with zero attached hydrogens (tertiary/aromatic N) is 1. The molecule has 4 nitrogen and oxygen atoms in total. The Labute approximate surface area is 126 Å². The monoisotopic (exact) mass is 310 g/mol. The molecule has 0 bridgehead atoms. The lowest BCUT2D eigenvalue weighted by Gasteiger charge is -2.11. The fourth-order valence-electron chi connectivity index (χ4n) is 1.71. The first-order chi connectivity index (χ1) is 9.61. The van der Waals surface area contributed by atoms with Crippen LogP contribution in [0.4, 0.5) is 0 Å². The minimum Gasteiger partial charge on any atom is -0.494 e. The van der Waals surface area contributed by atoms with Crippen LogP contribution in [-0.2, 0) is 6.54 Å². The summed E-state index contributed by atoms with van der Waals surface area (Å²) in [5.74, 6) is 0.00589. The third kappa shape index (κ3) is 3.40. The number of methoxy groups -OCH3 is 1. The zero-order valence-corrected chi connectivity index (χ0v) is 12.2. The number of rotatable bonds is 4. The Kier molecular flexibility index (Phi) is 4.82. The van der Waals surface area contributed by atoms with E-state index in [9.17, 15) is 4.79 Å². The first-order valence-electron chi connectivity index (χ1n) is 5.82. The van der Waals surface area contributed by atoms with Gasteiger partial charge in [-0.25, -0.2) is 0 Å². The van der Waals surface area contributed by atoms with Gasteiger partial charge in [0.05, 0.1) is 17.7 Å². The number of nitrogens with one attached hydrogen (secondary N) is 1. The summed E-state index contributed by atoms with van der Waals surface area (Å²) in [4.78, 5) is 16.1. The van der Waals surface area contributed by atoms with Crippen LogP contribution in [0.1, 0.15) is 15.9 Å². The Morgan fingerprint density at radius 3 is 2.65 bits per heavy atom. The van der Waals surface area contributed by atoms with E-state index in [2.05, 4.69) is 10.3 Å². The van der Waals surface area contributed by atoms with Crippen LogP contribution in [0.2, 0.25) is 10.0 Å². The van der Waals surface area contributed by atoms with Crippen LogP contribution < -0.4 is 10.1 Å². The highest BCUT2D eigenvalue weighted by Crippen LogP contribution is 2.32. The van der Waals surface area contributed by atoms with Gasteiger partial charge in [-0.1, -0.05) is 23.2 Å². The Bertz CT molecular complexity index is 618. The number of halogens is 2. The second kappa shape index (κ2) is 6.59. The molecule has 0 aliphatic heterocycles. The molecule has 6 heteroatoms. The molecule has 20 heavy (non-hydrogen) atoms. The van der Waals surface area contributed by atoms with Crippen molar-refractivity contribution in [1.29, 1.82) is 0 Å². The molecule has 0 saturated heterocycles. The summed E-state index contributed by atoms with van der Waals surface area (Å²) in [6.45, 7) is 0.384. The summed E-state index contributed by atoms with van der Waals surface area (Å²) < 4.78 is 5.14. The highest BCUT2D eigenvalue weighted by molar-refractivity contribution is 6.36. The number of hydrogen-bond acceptors (Lipinski definition) is 3. The summed E-state index contributed by atoms with van der Waals surface area (Å²) in [5.41, 5.74) is 1.25. The molecule has 0 saturated carbocycles. The highest BCUT2D eigenvalue weighted by Gasteiger charge is 2.16. The molecular formula is C14H12Cl2N2O2. The molecule has 1 aromatic carbocycles. The summed E-state index contributed by atoms with van der Waals surface area (Å²) >= 11 is 11.9. The van der Waals surface area contributed by atoms with E-state index in [1.54, 1.807) is 12.4 Å². The largest absolute Gasteiger partial charge is 0.494 e. The maximum absolute atomic E-state index is 12.2. The van der Waals surface area contributed by atoms with E-state index in [0.717, 1.165) is 5.56 Å². The van der Waals surface area contributed by atoms with E-state index >= 15 is 0 Å². The topological polar surface area (TPSA) is 51.2 Å². The number of aromatic nitrogens is 1. The standard InChI is InChI=1S/C14H12Cl2N2O2/c1-20-13-11(6-10(15)7-12(13)16)14(19)18-8-9-2-4-17-5-3-9/h2-7H,8H2,1H3,(H,18,19). The number of carbonyl (C=O) groups is 1. The highest BCUT2D eigenvalue weighted by atomic mass is 35.5. The van der Waals surface area contributed by atoms with Gasteiger partial charge in [-0.15, -0.1) is 0 Å². The van der Waals surface area contributed by atoms with Crippen LogP contribution in [-0.4, -0.2) is 18.0 Å². The summed E-state index contributed by atoms with van der Waals surface area (Å²) in [7, 11) is 1.45. The molecule has 0 spiro atoms. The van der Waals surface area contributed by atoms with Crippen LogP contribution in [0.5, 0.6) is 5.75 Å². The smallest absolute Gasteiger partial charge is 0.255 e. The lowest BCUT2D eigenvalue weighted by atomic mass is 10.1. The Morgan fingerprint density at radius 2 is 2.00 bits per heavy atom. The van der Waals surface area contributed by atoms with Crippen LogP contribution in [0, 0.1) is 0 Å². The van der Waals surface area contributed by atoms with Crippen LogP contribution in [0.15, 0.2) is 36.7 Å². The van der Waals surface area contributed by atoms with E-state index in [-0.39, 0.29) is 5.91 Å². The van der Waals surface area contributed by atoms with Crippen molar-refractivity contribution >= 4 is 29.1 Å².